The van der Waals surface area contributed by atoms with E-state index in [4.69, 9.17) is 14.0 Å². The summed E-state index contributed by atoms with van der Waals surface area (Å²) in [7, 11) is 3.92. The van der Waals surface area contributed by atoms with Gasteiger partial charge >= 0.3 is 0 Å². The number of hydrogen-bond donors (Lipinski definition) is 1. The number of rotatable bonds is 6. The molecule has 1 aliphatic heterocycles. The molecule has 0 aliphatic carbocycles. The summed E-state index contributed by atoms with van der Waals surface area (Å²) in [5.74, 6) is 1.95. The molecule has 128 valence electrons. The van der Waals surface area contributed by atoms with Gasteiger partial charge in [-0.25, -0.2) is 0 Å². The second-order valence-corrected chi connectivity index (χ2v) is 5.87. The molecule has 0 fully saturated rings. The molecule has 1 amide bonds. The van der Waals surface area contributed by atoms with Crippen LogP contribution in [0.15, 0.2) is 28.8 Å². The van der Waals surface area contributed by atoms with Gasteiger partial charge in [-0.1, -0.05) is 5.16 Å². The molecule has 0 saturated heterocycles. The first-order valence-corrected chi connectivity index (χ1v) is 7.89. The molecule has 0 radical (unpaired) electrons. The number of carbonyl (C=O) groups excluding carboxylic acids is 1. The minimum absolute atomic E-state index is 0.0705. The Kier molecular flexibility index (Phi) is 5.00. The van der Waals surface area contributed by atoms with E-state index < -0.39 is 0 Å². The van der Waals surface area contributed by atoms with Crippen LogP contribution in [0.25, 0.3) is 11.3 Å². The zero-order chi connectivity index (χ0) is 16.9. The number of nitrogens with zero attached hydrogens (tertiary/aromatic N) is 2. The van der Waals surface area contributed by atoms with Crippen molar-refractivity contribution in [2.24, 2.45) is 0 Å². The molecule has 24 heavy (non-hydrogen) atoms. The van der Waals surface area contributed by atoms with Crippen molar-refractivity contribution in [2.75, 3.05) is 40.4 Å². The fourth-order valence-corrected chi connectivity index (χ4v) is 2.37. The van der Waals surface area contributed by atoms with E-state index in [1.165, 1.54) is 0 Å². The third-order valence-electron chi connectivity index (χ3n) is 3.61. The van der Waals surface area contributed by atoms with Crippen molar-refractivity contribution in [3.05, 3.63) is 30.0 Å². The Morgan fingerprint density at radius 1 is 1.21 bits per heavy atom. The number of benzene rings is 1. The number of likely N-dealkylation sites (N-methyl/N-ethyl adjacent to an activating group) is 1. The average Bonchev–Trinajstić information content (AvgIpc) is 3.02. The molecule has 1 N–H and O–H groups in total. The largest absolute Gasteiger partial charge is 0.486 e. The molecule has 0 atom stereocenters. The summed E-state index contributed by atoms with van der Waals surface area (Å²) < 4.78 is 16.4. The van der Waals surface area contributed by atoms with Crippen molar-refractivity contribution in [1.82, 2.24) is 15.4 Å². The van der Waals surface area contributed by atoms with Crippen molar-refractivity contribution in [3.8, 4) is 22.8 Å². The van der Waals surface area contributed by atoms with Gasteiger partial charge in [0.25, 0.3) is 0 Å². The fraction of sp³-hybridized carbons (Fsp3) is 0.412. The van der Waals surface area contributed by atoms with Crippen molar-refractivity contribution >= 4 is 5.91 Å². The summed E-state index contributed by atoms with van der Waals surface area (Å²) in [6.07, 6.45) is 0.196. The highest BCUT2D eigenvalue weighted by Gasteiger charge is 2.15. The molecule has 1 aromatic carbocycles. The molecule has 1 aliphatic rings. The maximum Gasteiger partial charge on any atom is 0.226 e. The number of hydrogen-bond acceptors (Lipinski definition) is 6. The van der Waals surface area contributed by atoms with Crippen LogP contribution in [0, 0.1) is 0 Å². The van der Waals surface area contributed by atoms with Gasteiger partial charge in [0.1, 0.15) is 13.2 Å². The Labute approximate surface area is 140 Å². The third kappa shape index (κ3) is 4.05. The summed E-state index contributed by atoms with van der Waals surface area (Å²) in [6.45, 7) is 2.50. The number of aromatic nitrogens is 1. The van der Waals surface area contributed by atoms with E-state index in [0.717, 1.165) is 17.9 Å². The van der Waals surface area contributed by atoms with E-state index in [1.54, 1.807) is 6.07 Å². The highest BCUT2D eigenvalue weighted by Crippen LogP contribution is 2.34. The standard InChI is InChI=1S/C17H21N3O4/c1-20(2)6-5-18-17(21)11-13-10-15(24-19-13)12-3-4-14-16(9-12)23-8-7-22-14/h3-4,9-10H,5-8,11H2,1-2H3,(H,18,21). The summed E-state index contributed by atoms with van der Waals surface area (Å²) in [4.78, 5) is 13.9. The Balaban J connectivity index is 1.62. The summed E-state index contributed by atoms with van der Waals surface area (Å²) >= 11 is 0. The highest BCUT2D eigenvalue weighted by molar-refractivity contribution is 5.78. The molecule has 0 unspecified atom stereocenters. The van der Waals surface area contributed by atoms with Crippen LogP contribution in [0.2, 0.25) is 0 Å². The summed E-state index contributed by atoms with van der Waals surface area (Å²) in [5, 5.41) is 6.82. The molecule has 7 nitrogen and oxygen atoms in total. The van der Waals surface area contributed by atoms with Crippen LogP contribution < -0.4 is 14.8 Å². The Hall–Kier alpha value is -2.54. The smallest absolute Gasteiger partial charge is 0.226 e. The third-order valence-corrected chi connectivity index (χ3v) is 3.61. The van der Waals surface area contributed by atoms with E-state index in [2.05, 4.69) is 10.5 Å². The van der Waals surface area contributed by atoms with Gasteiger partial charge < -0.3 is 24.2 Å². The zero-order valence-corrected chi connectivity index (χ0v) is 13.9. The molecule has 0 bridgehead atoms. The van der Waals surface area contributed by atoms with E-state index >= 15 is 0 Å². The van der Waals surface area contributed by atoms with E-state index in [9.17, 15) is 4.79 Å². The first-order valence-electron chi connectivity index (χ1n) is 7.89. The van der Waals surface area contributed by atoms with Gasteiger partial charge in [0, 0.05) is 24.7 Å². The van der Waals surface area contributed by atoms with E-state index in [-0.39, 0.29) is 12.3 Å². The number of carbonyl (C=O) groups is 1. The molecule has 0 spiro atoms. The minimum Gasteiger partial charge on any atom is -0.486 e. The van der Waals surface area contributed by atoms with Crippen LogP contribution in [0.3, 0.4) is 0 Å². The van der Waals surface area contributed by atoms with Crippen LogP contribution in [-0.2, 0) is 11.2 Å². The number of amides is 1. The quantitative estimate of drug-likeness (QED) is 0.861. The van der Waals surface area contributed by atoms with Gasteiger partial charge in [-0.05, 0) is 32.3 Å². The number of ether oxygens (including phenoxy) is 2. The predicted molar refractivity (Wildman–Crippen MR) is 88.2 cm³/mol. The van der Waals surface area contributed by atoms with Crippen LogP contribution in [0.5, 0.6) is 11.5 Å². The number of nitrogens with one attached hydrogen (secondary N) is 1. The first kappa shape index (κ1) is 16.3. The highest BCUT2D eigenvalue weighted by atomic mass is 16.6. The second kappa shape index (κ2) is 7.35. The monoisotopic (exact) mass is 331 g/mol. The first-order chi connectivity index (χ1) is 11.6. The van der Waals surface area contributed by atoms with Crippen molar-refractivity contribution < 1.29 is 18.8 Å². The SMILES string of the molecule is CN(C)CCNC(=O)Cc1cc(-c2ccc3c(c2)OCCO3)on1. The van der Waals surface area contributed by atoms with Crippen LogP contribution in [0.4, 0.5) is 0 Å². The molecule has 3 rings (SSSR count). The molecule has 2 aromatic rings. The van der Waals surface area contributed by atoms with Gasteiger partial charge in [0.05, 0.1) is 12.1 Å². The normalized spacial score (nSPS) is 13.1. The lowest BCUT2D eigenvalue weighted by atomic mass is 10.1. The van der Waals surface area contributed by atoms with E-state index in [0.29, 0.717) is 37.0 Å². The van der Waals surface area contributed by atoms with Gasteiger partial charge in [-0.3, -0.25) is 4.79 Å². The fourth-order valence-electron chi connectivity index (χ4n) is 2.37. The maximum atomic E-state index is 11.9. The van der Waals surface area contributed by atoms with Crippen LogP contribution >= 0.6 is 0 Å². The molecule has 0 saturated carbocycles. The second-order valence-electron chi connectivity index (χ2n) is 5.87. The maximum absolute atomic E-state index is 11.9. The molecule has 1 aromatic heterocycles. The Morgan fingerprint density at radius 2 is 2.00 bits per heavy atom. The lowest BCUT2D eigenvalue weighted by molar-refractivity contribution is -0.120. The predicted octanol–water partition coefficient (Wildman–Crippen LogP) is 1.33. The summed E-state index contributed by atoms with van der Waals surface area (Å²) in [5.41, 5.74) is 1.44. The Morgan fingerprint density at radius 3 is 2.79 bits per heavy atom. The van der Waals surface area contributed by atoms with Crippen molar-refractivity contribution in [2.45, 2.75) is 6.42 Å². The zero-order valence-electron chi connectivity index (χ0n) is 13.9. The van der Waals surface area contributed by atoms with E-state index in [1.807, 2.05) is 37.2 Å². The average molecular weight is 331 g/mol. The summed E-state index contributed by atoms with van der Waals surface area (Å²) in [6, 6.07) is 7.36. The molecule has 7 heteroatoms. The molecular formula is C17H21N3O4. The lowest BCUT2D eigenvalue weighted by Gasteiger charge is -2.18. The number of fused-ring (bicyclic) bond motifs is 1. The van der Waals surface area contributed by atoms with Crippen LogP contribution in [-0.4, -0.2) is 56.4 Å². The molecule has 2 heterocycles. The van der Waals surface area contributed by atoms with Gasteiger partial charge in [0.2, 0.25) is 5.91 Å². The molecular weight excluding hydrogens is 310 g/mol. The minimum atomic E-state index is -0.0705. The Bertz CT molecular complexity index is 712. The van der Waals surface area contributed by atoms with Gasteiger partial charge in [0.15, 0.2) is 17.3 Å². The van der Waals surface area contributed by atoms with Crippen molar-refractivity contribution in [1.29, 1.82) is 0 Å². The topological polar surface area (TPSA) is 76.8 Å². The van der Waals surface area contributed by atoms with Gasteiger partial charge in [-0.15, -0.1) is 0 Å². The van der Waals surface area contributed by atoms with Crippen molar-refractivity contribution in [3.63, 3.8) is 0 Å². The lowest BCUT2D eigenvalue weighted by Crippen LogP contribution is -2.32. The van der Waals surface area contributed by atoms with Gasteiger partial charge in [-0.2, -0.15) is 0 Å². The van der Waals surface area contributed by atoms with Crippen LogP contribution in [0.1, 0.15) is 5.69 Å².